The maximum atomic E-state index is 6.40. The Hall–Kier alpha value is -4.47. The van der Waals surface area contributed by atoms with Gasteiger partial charge in [0.15, 0.2) is 0 Å². The van der Waals surface area contributed by atoms with Gasteiger partial charge in [0.2, 0.25) is 0 Å². The number of ether oxygens (including phenoxy) is 1. The number of para-hydroxylation sites is 1. The molecule has 0 aliphatic carbocycles. The zero-order chi connectivity index (χ0) is 31.9. The smallest absolute Gasteiger partial charge is 0.509 e. The van der Waals surface area contributed by atoms with Gasteiger partial charge in [0.25, 0.3) is 0 Å². The Morgan fingerprint density at radius 2 is 1.43 bits per heavy atom. The van der Waals surface area contributed by atoms with E-state index in [1.165, 1.54) is 22.3 Å². The van der Waals surface area contributed by atoms with Crippen molar-refractivity contribution in [3.63, 3.8) is 0 Å². The van der Waals surface area contributed by atoms with Gasteiger partial charge in [-0.05, 0) is 69.3 Å². The van der Waals surface area contributed by atoms with Crippen molar-refractivity contribution < 1.29 is 25.8 Å². The monoisotopic (exact) mass is 797 g/mol. The van der Waals surface area contributed by atoms with Gasteiger partial charge in [-0.1, -0.05) is 83.5 Å². The van der Waals surface area contributed by atoms with Crippen LogP contribution < -0.4 is 4.74 Å². The number of nitrogens with zero attached hydrogens (tertiary/aromatic N) is 4. The van der Waals surface area contributed by atoms with E-state index in [0.29, 0.717) is 29.3 Å². The topological polar surface area (TPSA) is 44.9 Å². The molecule has 0 saturated heterocycles. The predicted octanol–water partition coefficient (Wildman–Crippen LogP) is 10.8. The minimum absolute atomic E-state index is 0. The Morgan fingerprint density at radius 1 is 0.702 bits per heavy atom. The zero-order valence-corrected chi connectivity index (χ0v) is 29.8. The van der Waals surface area contributed by atoms with Crippen molar-refractivity contribution in [3.05, 3.63) is 132 Å². The van der Waals surface area contributed by atoms with Crippen LogP contribution in [0.3, 0.4) is 0 Å². The summed E-state index contributed by atoms with van der Waals surface area (Å²) in [6, 6.07) is 36.2. The zero-order valence-electron chi connectivity index (χ0n) is 27.6. The van der Waals surface area contributed by atoms with Gasteiger partial charge in [-0.3, -0.25) is 4.68 Å². The molecular formula is C41H38N4OPt. The molecule has 0 unspecified atom stereocenters. The third kappa shape index (κ3) is 6.17. The maximum Gasteiger partial charge on any atom is 2.00 e. The second-order valence-electron chi connectivity index (χ2n) is 12.8. The van der Waals surface area contributed by atoms with E-state index in [4.69, 9.17) is 14.8 Å². The molecule has 3 aromatic heterocycles. The molecule has 0 bridgehead atoms. The molecule has 7 rings (SSSR count). The third-order valence-corrected chi connectivity index (χ3v) is 8.69. The summed E-state index contributed by atoms with van der Waals surface area (Å²) in [4.78, 5) is 4.76. The Bertz CT molecular complexity index is 2160. The normalized spacial score (nSPS) is 11.6. The molecule has 0 fully saturated rings. The SMILES string of the molecule is CC(C)c1ccnc(-n2c3[c-]c(Oc4[c-]c(-n5cc(-c6c(C(C)C)cccc6C(C)C)cn5)ccc4)ccc3c3ccccc32)c1.[Pt+2]. The summed E-state index contributed by atoms with van der Waals surface area (Å²) >= 11 is 0. The summed E-state index contributed by atoms with van der Waals surface area (Å²) in [5.41, 5.74) is 9.10. The molecule has 4 aromatic carbocycles. The van der Waals surface area contributed by atoms with Crippen LogP contribution in [-0.4, -0.2) is 19.3 Å². The summed E-state index contributed by atoms with van der Waals surface area (Å²) in [5.74, 6) is 3.28. The number of rotatable bonds is 8. The Morgan fingerprint density at radius 3 is 2.17 bits per heavy atom. The molecule has 0 atom stereocenters. The van der Waals surface area contributed by atoms with E-state index in [0.717, 1.165) is 38.9 Å². The van der Waals surface area contributed by atoms with Crippen LogP contribution in [0.4, 0.5) is 0 Å². The van der Waals surface area contributed by atoms with E-state index in [1.807, 2.05) is 41.3 Å². The van der Waals surface area contributed by atoms with Gasteiger partial charge in [-0.2, -0.15) is 17.2 Å². The van der Waals surface area contributed by atoms with Crippen molar-refractivity contribution in [2.45, 2.75) is 59.3 Å². The molecule has 5 nitrogen and oxygen atoms in total. The van der Waals surface area contributed by atoms with Crippen molar-refractivity contribution in [1.82, 2.24) is 19.3 Å². The summed E-state index contributed by atoms with van der Waals surface area (Å²) in [6.07, 6.45) is 5.94. The van der Waals surface area contributed by atoms with E-state index in [-0.39, 0.29) is 21.1 Å². The summed E-state index contributed by atoms with van der Waals surface area (Å²) in [6.45, 7) is 13.4. The van der Waals surface area contributed by atoms with Crippen LogP contribution in [0.25, 0.3) is 44.4 Å². The average molecular weight is 798 g/mol. The van der Waals surface area contributed by atoms with Crippen molar-refractivity contribution in [2.24, 2.45) is 0 Å². The van der Waals surface area contributed by atoms with Crippen LogP contribution in [-0.2, 0) is 21.1 Å². The summed E-state index contributed by atoms with van der Waals surface area (Å²) < 4.78 is 10.5. The van der Waals surface area contributed by atoms with Gasteiger partial charge in [-0.25, -0.2) is 4.98 Å². The fraction of sp³-hybridized carbons (Fsp3) is 0.220. The van der Waals surface area contributed by atoms with Gasteiger partial charge in [0.05, 0.1) is 6.20 Å². The molecule has 0 amide bonds. The van der Waals surface area contributed by atoms with Crippen molar-refractivity contribution >= 4 is 21.8 Å². The summed E-state index contributed by atoms with van der Waals surface area (Å²) in [5, 5.41) is 7.01. The molecule has 6 heteroatoms. The van der Waals surface area contributed by atoms with Crippen LogP contribution in [0.1, 0.15) is 76.0 Å². The number of pyridine rings is 1. The Balaban J connectivity index is 0.00000386. The van der Waals surface area contributed by atoms with Gasteiger partial charge >= 0.3 is 21.1 Å². The number of aromatic nitrogens is 4. The van der Waals surface area contributed by atoms with E-state index in [9.17, 15) is 0 Å². The van der Waals surface area contributed by atoms with Gasteiger partial charge in [-0.15, -0.1) is 35.7 Å². The predicted molar refractivity (Wildman–Crippen MR) is 188 cm³/mol. The quantitative estimate of drug-likeness (QED) is 0.144. The Kier molecular flexibility index (Phi) is 9.21. The first kappa shape index (κ1) is 32.5. The second-order valence-corrected chi connectivity index (χ2v) is 12.8. The second kappa shape index (κ2) is 13.3. The van der Waals surface area contributed by atoms with Crippen LogP contribution >= 0.6 is 0 Å². The molecular weight excluding hydrogens is 760 g/mol. The first-order valence-corrected chi connectivity index (χ1v) is 16.1. The molecule has 238 valence electrons. The molecule has 0 N–H and O–H groups in total. The first-order chi connectivity index (χ1) is 22.3. The standard InChI is InChI=1S/C41H38N4O.Pt/c1-26(2)29-19-20-42-40(21-29)45-38-16-8-7-13-36(38)37-18-17-33(23-39(37)45)46-32-12-9-11-31(22-32)44-25-30(24-43-44)41-34(27(3)4)14-10-15-35(41)28(5)6;/h7-21,24-28H,1-6H3;/q-2;+2. The first-order valence-electron chi connectivity index (χ1n) is 16.1. The number of fused-ring (bicyclic) bond motifs is 3. The van der Waals surface area contributed by atoms with Crippen LogP contribution in [0.5, 0.6) is 11.5 Å². The minimum atomic E-state index is 0. The van der Waals surface area contributed by atoms with Gasteiger partial charge in [0, 0.05) is 35.0 Å². The largest absolute Gasteiger partial charge is 2.00 e. The minimum Gasteiger partial charge on any atom is -0.509 e. The van der Waals surface area contributed by atoms with E-state index in [2.05, 4.69) is 125 Å². The van der Waals surface area contributed by atoms with E-state index in [1.54, 1.807) is 0 Å². The van der Waals surface area contributed by atoms with Crippen LogP contribution in [0.2, 0.25) is 0 Å². The average Bonchev–Trinajstić information content (AvgIpc) is 3.68. The number of hydrogen-bond acceptors (Lipinski definition) is 3. The summed E-state index contributed by atoms with van der Waals surface area (Å²) in [7, 11) is 0. The molecule has 0 spiro atoms. The van der Waals surface area contributed by atoms with Crippen LogP contribution in [0, 0.1) is 12.1 Å². The van der Waals surface area contributed by atoms with Crippen molar-refractivity contribution in [1.29, 1.82) is 0 Å². The van der Waals surface area contributed by atoms with Crippen molar-refractivity contribution in [3.8, 4) is 34.1 Å². The maximum absolute atomic E-state index is 6.40. The fourth-order valence-corrected chi connectivity index (χ4v) is 6.30. The number of hydrogen-bond donors (Lipinski definition) is 0. The van der Waals surface area contributed by atoms with Crippen LogP contribution in [0.15, 0.2) is 104 Å². The Labute approximate surface area is 291 Å². The van der Waals surface area contributed by atoms with Gasteiger partial charge < -0.3 is 9.30 Å². The number of benzene rings is 4. The molecule has 47 heavy (non-hydrogen) atoms. The third-order valence-electron chi connectivity index (χ3n) is 8.69. The molecule has 0 radical (unpaired) electrons. The van der Waals surface area contributed by atoms with Gasteiger partial charge in [0.1, 0.15) is 5.82 Å². The molecule has 0 aliphatic rings. The van der Waals surface area contributed by atoms with E-state index < -0.39 is 0 Å². The molecule has 0 aliphatic heterocycles. The fourth-order valence-electron chi connectivity index (χ4n) is 6.30. The molecule has 3 heterocycles. The molecule has 7 aromatic rings. The van der Waals surface area contributed by atoms with Crippen molar-refractivity contribution in [2.75, 3.05) is 0 Å². The van der Waals surface area contributed by atoms with E-state index >= 15 is 0 Å². The molecule has 0 saturated carbocycles.